The molecule has 1 atom stereocenters. The Morgan fingerprint density at radius 3 is 2.60 bits per heavy atom. The van der Waals surface area contributed by atoms with E-state index in [0.29, 0.717) is 28.3 Å². The molecule has 0 fully saturated rings. The van der Waals surface area contributed by atoms with E-state index < -0.39 is 0 Å². The lowest BCUT2D eigenvalue weighted by atomic mass is 9.90. The molecule has 0 saturated carbocycles. The van der Waals surface area contributed by atoms with Crippen molar-refractivity contribution in [3.8, 4) is 11.3 Å². The number of pyridine rings is 1. The van der Waals surface area contributed by atoms with Gasteiger partial charge < -0.3 is 4.90 Å². The van der Waals surface area contributed by atoms with Crippen LogP contribution in [0.25, 0.3) is 23.4 Å². The van der Waals surface area contributed by atoms with E-state index in [9.17, 15) is 4.48 Å². The lowest BCUT2D eigenvalue weighted by Gasteiger charge is -2.27. The van der Waals surface area contributed by atoms with E-state index >= 15 is 0 Å². The molecule has 0 spiro atoms. The van der Waals surface area contributed by atoms with Gasteiger partial charge in [-0.25, -0.2) is 4.98 Å². The van der Waals surface area contributed by atoms with Crippen LogP contribution >= 0.6 is 0 Å². The number of hydrogen-bond donors (Lipinski definition) is 0. The average Bonchev–Trinajstić information content (AvgIpc) is 2.79. The molecule has 5 heteroatoms. The molecular formula is C25H31BFN3. The second-order valence-corrected chi connectivity index (χ2v) is 7.90. The van der Waals surface area contributed by atoms with Gasteiger partial charge in [-0.05, 0) is 42.5 Å². The van der Waals surface area contributed by atoms with Gasteiger partial charge in [-0.1, -0.05) is 67.6 Å². The maximum Gasteiger partial charge on any atom is 0.0725 e. The van der Waals surface area contributed by atoms with Crippen molar-refractivity contribution in [2.45, 2.75) is 39.6 Å². The predicted octanol–water partition coefficient (Wildman–Crippen LogP) is 6.26. The van der Waals surface area contributed by atoms with Gasteiger partial charge >= 0.3 is 0 Å². The molecule has 1 unspecified atom stereocenters. The van der Waals surface area contributed by atoms with Crippen LogP contribution in [0.15, 0.2) is 61.6 Å². The number of rotatable bonds is 8. The first-order chi connectivity index (χ1) is 14.3. The molecule has 2 heterocycles. The largest absolute Gasteiger partial charge is 0.378 e. The first-order valence-electron chi connectivity index (χ1n) is 10.3. The smallest absolute Gasteiger partial charge is 0.0725 e. The molecule has 2 rings (SSSR count). The van der Waals surface area contributed by atoms with E-state index in [2.05, 4.69) is 25.3 Å². The third kappa shape index (κ3) is 6.91. The first-order valence-corrected chi connectivity index (χ1v) is 10.3. The number of nitrogens with zero attached hydrogens (tertiary/aromatic N) is 3. The summed E-state index contributed by atoms with van der Waals surface area (Å²) in [4.78, 5) is 7.46. The minimum absolute atomic E-state index is 0.263. The topological polar surface area (TPSA) is 21.1 Å². The Labute approximate surface area is 181 Å². The fourth-order valence-corrected chi connectivity index (χ4v) is 3.20. The van der Waals surface area contributed by atoms with Gasteiger partial charge in [-0.15, -0.1) is 0 Å². The van der Waals surface area contributed by atoms with Crippen molar-refractivity contribution in [2.75, 3.05) is 7.05 Å². The van der Waals surface area contributed by atoms with Crippen LogP contribution in [0.2, 0.25) is 6.32 Å². The van der Waals surface area contributed by atoms with Crippen LogP contribution in [-0.2, 0) is 0 Å². The Balaban J connectivity index is 2.43. The number of hydrogen-bond acceptors (Lipinski definition) is 2. The fraction of sp³-hybridized carbons (Fsp3) is 0.320. The highest BCUT2D eigenvalue weighted by atomic mass is 19.2. The van der Waals surface area contributed by atoms with Gasteiger partial charge in [-0.3, -0.25) is 0 Å². The van der Waals surface area contributed by atoms with Crippen LogP contribution in [0.4, 0.5) is 4.48 Å². The number of aryl methyl sites for hydroxylation is 1. The molecule has 0 bridgehead atoms. The van der Waals surface area contributed by atoms with E-state index in [4.69, 9.17) is 12.8 Å². The van der Waals surface area contributed by atoms with Crippen molar-refractivity contribution in [3.63, 3.8) is 0 Å². The molecule has 0 aliphatic heterocycles. The predicted molar refractivity (Wildman–Crippen MR) is 127 cm³/mol. The summed E-state index contributed by atoms with van der Waals surface area (Å²) in [5, 5.41) is 0. The highest BCUT2D eigenvalue weighted by Crippen LogP contribution is 2.21. The summed E-state index contributed by atoms with van der Waals surface area (Å²) in [5.74, 6) is 0.567. The molecule has 156 valence electrons. The van der Waals surface area contributed by atoms with E-state index in [0.717, 1.165) is 23.2 Å². The van der Waals surface area contributed by atoms with Gasteiger partial charge in [0.15, 0.2) is 0 Å². The summed E-state index contributed by atoms with van der Waals surface area (Å²) in [6.45, 7) is 10.1. The van der Waals surface area contributed by atoms with Crippen molar-refractivity contribution in [1.82, 2.24) is 14.7 Å². The second kappa shape index (κ2) is 11.4. The van der Waals surface area contributed by atoms with Crippen LogP contribution in [0, 0.1) is 12.8 Å². The van der Waals surface area contributed by atoms with Crippen LogP contribution < -0.4 is 0 Å². The lowest BCUT2D eigenvalue weighted by Crippen LogP contribution is -2.28. The molecule has 2 aromatic rings. The summed E-state index contributed by atoms with van der Waals surface area (Å²) in [6, 6.07) is 11.5. The molecule has 0 N–H and O–H groups in total. The first kappa shape index (κ1) is 23.5. The maximum atomic E-state index is 14.3. The van der Waals surface area contributed by atoms with Gasteiger partial charge in [0.2, 0.25) is 0 Å². The Hall–Kier alpha value is -2.82. The van der Waals surface area contributed by atoms with Crippen molar-refractivity contribution in [1.29, 1.82) is 0 Å². The molecular weight excluding hydrogens is 372 g/mol. The Kier molecular flexibility index (Phi) is 8.91. The van der Waals surface area contributed by atoms with Crippen molar-refractivity contribution in [3.05, 3.63) is 78.4 Å². The zero-order valence-corrected chi connectivity index (χ0v) is 18.4. The summed E-state index contributed by atoms with van der Waals surface area (Å²) in [6.07, 6.45) is 10.2. The van der Waals surface area contributed by atoms with Gasteiger partial charge in [0.05, 0.1) is 19.2 Å². The Bertz CT molecular complexity index is 932. The number of aromatic nitrogens is 2. The summed E-state index contributed by atoms with van der Waals surface area (Å²) in [7, 11) is 7.99. The highest BCUT2D eigenvalue weighted by Gasteiger charge is 2.11. The van der Waals surface area contributed by atoms with Crippen LogP contribution in [0.3, 0.4) is 0 Å². The molecule has 0 saturated heterocycles. The number of halogens is 1. The fourth-order valence-electron chi connectivity index (χ4n) is 3.20. The molecule has 0 aliphatic rings. The van der Waals surface area contributed by atoms with Gasteiger partial charge in [-0.2, -0.15) is 4.79 Å². The van der Waals surface area contributed by atoms with Crippen molar-refractivity contribution in [2.24, 2.45) is 5.92 Å². The zero-order chi connectivity index (χ0) is 22.1. The maximum absolute atomic E-state index is 14.3. The van der Waals surface area contributed by atoms with E-state index in [-0.39, 0.29) is 6.04 Å². The molecule has 30 heavy (non-hydrogen) atoms. The standard InChI is InChI=1S/C25H31BFN3/c1-6-21-11-12-24(22-10-8-7-9-20(4)17-30(27)18-22)28-25(21)13-14-29(5)23(16-26)15-19(2)3/h6-14,17-19,23H,1,15-16H2,2-5H3/b9-7?,10-8?,14-13-,20-17?,22-18?. The van der Waals surface area contributed by atoms with Crippen LogP contribution in [-0.4, -0.2) is 35.6 Å². The molecule has 2 aromatic heterocycles. The van der Waals surface area contributed by atoms with Gasteiger partial charge in [0.25, 0.3) is 0 Å². The summed E-state index contributed by atoms with van der Waals surface area (Å²) in [5.41, 5.74) is 3.86. The third-order valence-electron chi connectivity index (χ3n) is 4.87. The summed E-state index contributed by atoms with van der Waals surface area (Å²) >= 11 is 0. The Morgan fingerprint density at radius 1 is 1.20 bits per heavy atom. The van der Waals surface area contributed by atoms with E-state index in [1.54, 1.807) is 6.08 Å². The van der Waals surface area contributed by atoms with Crippen LogP contribution in [0.1, 0.15) is 37.1 Å². The summed E-state index contributed by atoms with van der Waals surface area (Å²) < 4.78 is 14.3. The molecule has 0 amide bonds. The van der Waals surface area contributed by atoms with E-state index in [1.165, 1.54) is 12.4 Å². The third-order valence-corrected chi connectivity index (χ3v) is 4.87. The minimum atomic E-state index is 0.263. The monoisotopic (exact) mass is 403 g/mol. The SMILES string of the molecule is [B]CC(CC(C)C)N(C)/C=C\c1nc(-c2ccccc(C)cn(F)c2)ccc1C=C. The van der Waals surface area contributed by atoms with E-state index in [1.807, 2.05) is 62.6 Å². The molecule has 0 aromatic carbocycles. The zero-order valence-electron chi connectivity index (χ0n) is 18.4. The van der Waals surface area contributed by atoms with Gasteiger partial charge in [0, 0.05) is 37.2 Å². The lowest BCUT2D eigenvalue weighted by molar-refractivity contribution is 0.305. The Morgan fingerprint density at radius 2 is 1.93 bits per heavy atom. The molecule has 0 aliphatic carbocycles. The minimum Gasteiger partial charge on any atom is -0.378 e. The van der Waals surface area contributed by atoms with Crippen molar-refractivity contribution < 1.29 is 4.48 Å². The molecule has 3 nitrogen and oxygen atoms in total. The van der Waals surface area contributed by atoms with Crippen molar-refractivity contribution >= 4 is 20.0 Å². The second-order valence-electron chi connectivity index (χ2n) is 7.90. The van der Waals surface area contributed by atoms with Crippen LogP contribution in [0.5, 0.6) is 0 Å². The average molecular weight is 403 g/mol. The van der Waals surface area contributed by atoms with Gasteiger partial charge in [0.1, 0.15) is 0 Å². The normalized spacial score (nSPS) is 12.1. The quantitative estimate of drug-likeness (QED) is 0.485. The highest BCUT2D eigenvalue weighted by molar-refractivity contribution is 6.08. The molecule has 2 radical (unpaired) electrons.